The summed E-state index contributed by atoms with van der Waals surface area (Å²) in [5.74, 6) is 1.58. The van der Waals surface area contributed by atoms with Crippen molar-refractivity contribution in [1.29, 1.82) is 0 Å². The van der Waals surface area contributed by atoms with E-state index in [1.165, 1.54) is 18.5 Å². The molecule has 0 aliphatic carbocycles. The average Bonchev–Trinajstić information content (AvgIpc) is 2.35. The number of piperidine rings is 1. The highest BCUT2D eigenvalue weighted by molar-refractivity contribution is 5.16. The van der Waals surface area contributed by atoms with E-state index in [0.717, 1.165) is 24.1 Å². The van der Waals surface area contributed by atoms with Gasteiger partial charge in [-0.1, -0.05) is 13.8 Å². The van der Waals surface area contributed by atoms with Gasteiger partial charge in [-0.2, -0.15) is 0 Å². The molecule has 3 heteroatoms. The Hall–Kier alpha value is -0.930. The van der Waals surface area contributed by atoms with E-state index in [4.69, 9.17) is 5.73 Å². The number of rotatable bonds is 3. The Balaban J connectivity index is 2.07. The molecule has 1 aliphatic heterocycles. The molecule has 0 bridgehead atoms. The van der Waals surface area contributed by atoms with Crippen LogP contribution in [0.4, 0.5) is 0 Å². The smallest absolute Gasteiger partial charge is 0.0542 e. The van der Waals surface area contributed by atoms with Crippen LogP contribution in [0.15, 0.2) is 18.3 Å². The maximum absolute atomic E-state index is 5.65. The van der Waals surface area contributed by atoms with Crippen LogP contribution in [0.25, 0.3) is 0 Å². The Morgan fingerprint density at radius 3 is 2.89 bits per heavy atom. The number of pyridine rings is 1. The van der Waals surface area contributed by atoms with Crippen LogP contribution in [0, 0.1) is 11.8 Å². The van der Waals surface area contributed by atoms with E-state index in [2.05, 4.69) is 42.8 Å². The van der Waals surface area contributed by atoms with Gasteiger partial charge in [0.2, 0.25) is 0 Å². The lowest BCUT2D eigenvalue weighted by molar-refractivity contribution is 0.0729. The minimum Gasteiger partial charge on any atom is -0.325 e. The number of hydrogen-bond donors (Lipinski definition) is 1. The van der Waals surface area contributed by atoms with Crippen molar-refractivity contribution in [2.45, 2.75) is 46.3 Å². The Morgan fingerprint density at radius 1 is 1.39 bits per heavy atom. The number of hydrogen-bond acceptors (Lipinski definition) is 3. The van der Waals surface area contributed by atoms with Gasteiger partial charge in [-0.3, -0.25) is 9.88 Å². The van der Waals surface area contributed by atoms with Crippen LogP contribution >= 0.6 is 0 Å². The van der Waals surface area contributed by atoms with Crippen molar-refractivity contribution in [3.63, 3.8) is 0 Å². The summed E-state index contributed by atoms with van der Waals surface area (Å²) < 4.78 is 0. The predicted octanol–water partition coefficient (Wildman–Crippen LogP) is 2.41. The van der Waals surface area contributed by atoms with Gasteiger partial charge in [-0.15, -0.1) is 0 Å². The third-order valence-electron chi connectivity index (χ3n) is 4.20. The molecule has 0 saturated carbocycles. The molecule has 3 nitrogen and oxygen atoms in total. The van der Waals surface area contributed by atoms with Gasteiger partial charge in [0.25, 0.3) is 0 Å². The quantitative estimate of drug-likeness (QED) is 0.892. The molecule has 3 unspecified atom stereocenters. The molecule has 1 aromatic heterocycles. The highest BCUT2D eigenvalue weighted by atomic mass is 15.2. The molecule has 1 aliphatic rings. The maximum Gasteiger partial charge on any atom is 0.0542 e. The summed E-state index contributed by atoms with van der Waals surface area (Å²) in [5, 5.41) is 0. The second-order valence-electron chi connectivity index (χ2n) is 5.85. The van der Waals surface area contributed by atoms with Crippen LogP contribution in [0.3, 0.4) is 0 Å². The molecule has 0 spiro atoms. The van der Waals surface area contributed by atoms with Crippen molar-refractivity contribution in [2.24, 2.45) is 17.6 Å². The molecule has 2 rings (SSSR count). The number of nitrogens with zero attached hydrogens (tertiary/aromatic N) is 2. The molecule has 18 heavy (non-hydrogen) atoms. The van der Waals surface area contributed by atoms with Crippen LogP contribution < -0.4 is 5.73 Å². The lowest BCUT2D eigenvalue weighted by Crippen LogP contribution is -2.45. The molecule has 1 fully saturated rings. The molecule has 2 N–H and O–H groups in total. The summed E-state index contributed by atoms with van der Waals surface area (Å²) in [5.41, 5.74) is 7.96. The van der Waals surface area contributed by atoms with Crippen molar-refractivity contribution in [3.05, 3.63) is 29.6 Å². The fourth-order valence-corrected chi connectivity index (χ4v) is 3.01. The maximum atomic E-state index is 5.65. The van der Waals surface area contributed by atoms with Gasteiger partial charge >= 0.3 is 0 Å². The Morgan fingerprint density at radius 2 is 2.17 bits per heavy atom. The van der Waals surface area contributed by atoms with Gasteiger partial charge in [-0.05, 0) is 42.9 Å². The van der Waals surface area contributed by atoms with Gasteiger partial charge in [0.15, 0.2) is 0 Å². The topological polar surface area (TPSA) is 42.2 Å². The summed E-state index contributed by atoms with van der Waals surface area (Å²) in [6, 6.07) is 4.91. The summed E-state index contributed by atoms with van der Waals surface area (Å²) in [4.78, 5) is 6.85. The third kappa shape index (κ3) is 3.09. The molecule has 0 amide bonds. The standard InChI is InChI=1S/C15H25N3/c1-11-6-12(2)13(3)18(9-11)10-14-4-5-17-15(7-14)8-16/h4-5,7,11-13H,6,8-10,16H2,1-3H3. The predicted molar refractivity (Wildman–Crippen MR) is 74.9 cm³/mol. The molecule has 0 radical (unpaired) electrons. The van der Waals surface area contributed by atoms with E-state index in [1.54, 1.807) is 0 Å². The van der Waals surface area contributed by atoms with Crippen molar-refractivity contribution in [1.82, 2.24) is 9.88 Å². The van der Waals surface area contributed by atoms with Crippen LogP contribution in [0.2, 0.25) is 0 Å². The number of nitrogens with two attached hydrogens (primary N) is 1. The molecule has 1 aromatic rings. The van der Waals surface area contributed by atoms with E-state index in [1.807, 2.05) is 6.20 Å². The Bertz CT molecular complexity index is 391. The monoisotopic (exact) mass is 247 g/mol. The normalized spacial score (nSPS) is 29.4. The van der Waals surface area contributed by atoms with Crippen molar-refractivity contribution in [2.75, 3.05) is 6.54 Å². The first-order valence-corrected chi connectivity index (χ1v) is 6.98. The summed E-state index contributed by atoms with van der Waals surface area (Å²) in [7, 11) is 0. The van der Waals surface area contributed by atoms with Gasteiger partial charge in [-0.25, -0.2) is 0 Å². The van der Waals surface area contributed by atoms with Gasteiger partial charge in [0, 0.05) is 31.9 Å². The molecular formula is C15H25N3. The van der Waals surface area contributed by atoms with Crippen molar-refractivity contribution < 1.29 is 0 Å². The Kier molecular flexibility index (Phi) is 4.36. The first kappa shape index (κ1) is 13.5. The van der Waals surface area contributed by atoms with Crippen LogP contribution in [-0.2, 0) is 13.1 Å². The van der Waals surface area contributed by atoms with Gasteiger partial charge < -0.3 is 5.73 Å². The molecule has 100 valence electrons. The highest BCUT2D eigenvalue weighted by Gasteiger charge is 2.28. The minimum absolute atomic E-state index is 0.524. The highest BCUT2D eigenvalue weighted by Crippen LogP contribution is 2.28. The molecule has 3 atom stereocenters. The summed E-state index contributed by atoms with van der Waals surface area (Å²) in [6.07, 6.45) is 3.22. The van der Waals surface area contributed by atoms with Crippen LogP contribution in [0.5, 0.6) is 0 Å². The Labute approximate surface area is 110 Å². The van der Waals surface area contributed by atoms with Gasteiger partial charge in [0.1, 0.15) is 0 Å². The first-order chi connectivity index (χ1) is 8.60. The molecule has 2 heterocycles. The second-order valence-corrected chi connectivity index (χ2v) is 5.85. The number of likely N-dealkylation sites (tertiary alicyclic amines) is 1. The zero-order valence-electron chi connectivity index (χ0n) is 11.8. The third-order valence-corrected chi connectivity index (χ3v) is 4.20. The fourth-order valence-electron chi connectivity index (χ4n) is 3.01. The van der Waals surface area contributed by atoms with Crippen molar-refractivity contribution in [3.8, 4) is 0 Å². The van der Waals surface area contributed by atoms with Crippen LogP contribution in [-0.4, -0.2) is 22.5 Å². The lowest BCUT2D eigenvalue weighted by Gasteiger charge is -2.41. The minimum atomic E-state index is 0.524. The van der Waals surface area contributed by atoms with Gasteiger partial charge in [0.05, 0.1) is 5.69 Å². The van der Waals surface area contributed by atoms with E-state index in [-0.39, 0.29) is 0 Å². The van der Waals surface area contributed by atoms with Crippen LogP contribution in [0.1, 0.15) is 38.4 Å². The molecular weight excluding hydrogens is 222 g/mol. The first-order valence-electron chi connectivity index (χ1n) is 6.98. The average molecular weight is 247 g/mol. The zero-order chi connectivity index (χ0) is 13.1. The fraction of sp³-hybridized carbons (Fsp3) is 0.667. The van der Waals surface area contributed by atoms with E-state index >= 15 is 0 Å². The van der Waals surface area contributed by atoms with Crippen molar-refractivity contribution >= 4 is 0 Å². The summed E-state index contributed by atoms with van der Waals surface area (Å²) in [6.45, 7) is 9.81. The SMILES string of the molecule is CC1CC(C)C(C)N(Cc2ccnc(CN)c2)C1. The lowest BCUT2D eigenvalue weighted by atomic mass is 9.86. The van der Waals surface area contributed by atoms with E-state index < -0.39 is 0 Å². The summed E-state index contributed by atoms with van der Waals surface area (Å²) >= 11 is 0. The van der Waals surface area contributed by atoms with E-state index in [0.29, 0.717) is 12.6 Å². The number of aromatic nitrogens is 1. The largest absolute Gasteiger partial charge is 0.325 e. The zero-order valence-corrected chi connectivity index (χ0v) is 11.8. The molecule has 1 saturated heterocycles. The molecule has 0 aromatic carbocycles. The van der Waals surface area contributed by atoms with E-state index in [9.17, 15) is 0 Å². The second kappa shape index (κ2) is 5.81.